The van der Waals surface area contributed by atoms with Gasteiger partial charge in [0.1, 0.15) is 11.9 Å². The van der Waals surface area contributed by atoms with E-state index < -0.39 is 0 Å². The molecule has 0 bridgehead atoms. The highest BCUT2D eigenvalue weighted by Crippen LogP contribution is 2.53. The molecule has 0 aliphatic heterocycles. The summed E-state index contributed by atoms with van der Waals surface area (Å²) in [4.78, 5) is 0. The zero-order valence-corrected chi connectivity index (χ0v) is 13.8. The van der Waals surface area contributed by atoms with Crippen LogP contribution in [0.5, 0.6) is 5.75 Å². The molecule has 20 heavy (non-hydrogen) atoms. The van der Waals surface area contributed by atoms with Gasteiger partial charge in [-0.15, -0.1) is 0 Å². The number of hydrogen-bond donors (Lipinski definition) is 1. The van der Waals surface area contributed by atoms with E-state index in [1.165, 1.54) is 32.1 Å². The van der Waals surface area contributed by atoms with Crippen molar-refractivity contribution >= 4 is 15.9 Å². The second-order valence-electron chi connectivity index (χ2n) is 6.18. The highest BCUT2D eigenvalue weighted by Gasteiger charge is 2.56. The number of ether oxygens (including phenoxy) is 1. The maximum Gasteiger partial charge on any atom is 0.133 e. The molecular weight excluding hydrogens is 314 g/mol. The molecule has 0 radical (unpaired) electrons. The van der Waals surface area contributed by atoms with E-state index in [9.17, 15) is 0 Å². The summed E-state index contributed by atoms with van der Waals surface area (Å²) in [5, 5.41) is 3.68. The zero-order valence-electron chi connectivity index (χ0n) is 12.2. The Morgan fingerprint density at radius 2 is 2.00 bits per heavy atom. The summed E-state index contributed by atoms with van der Waals surface area (Å²) in [6.45, 7) is 3.27. The number of para-hydroxylation sites is 1. The Balaban J connectivity index is 1.75. The van der Waals surface area contributed by atoms with Crippen LogP contribution in [0.4, 0.5) is 0 Å². The van der Waals surface area contributed by atoms with Gasteiger partial charge in [-0.25, -0.2) is 0 Å². The molecule has 2 aliphatic carbocycles. The molecule has 1 spiro atoms. The minimum Gasteiger partial charge on any atom is -0.489 e. The lowest BCUT2D eigenvalue weighted by atomic mass is 9.55. The first kappa shape index (κ1) is 14.4. The lowest BCUT2D eigenvalue weighted by molar-refractivity contribution is -0.102. The predicted molar refractivity (Wildman–Crippen MR) is 86.2 cm³/mol. The number of rotatable bonds is 4. The number of nitrogens with one attached hydrogen (secondary N) is 1. The van der Waals surface area contributed by atoms with Crippen molar-refractivity contribution in [2.24, 2.45) is 5.41 Å². The Hall–Kier alpha value is -0.540. The van der Waals surface area contributed by atoms with Gasteiger partial charge in [-0.05, 0) is 47.4 Å². The van der Waals surface area contributed by atoms with Crippen LogP contribution < -0.4 is 10.1 Å². The predicted octanol–water partition coefficient (Wildman–Crippen LogP) is 4.53. The van der Waals surface area contributed by atoms with Crippen molar-refractivity contribution < 1.29 is 4.74 Å². The van der Waals surface area contributed by atoms with Crippen LogP contribution in [0.25, 0.3) is 0 Å². The molecule has 110 valence electrons. The van der Waals surface area contributed by atoms with E-state index >= 15 is 0 Å². The summed E-state index contributed by atoms with van der Waals surface area (Å²) in [5.74, 6) is 0.998. The monoisotopic (exact) mass is 337 g/mol. The van der Waals surface area contributed by atoms with Crippen LogP contribution in [-0.2, 0) is 0 Å². The van der Waals surface area contributed by atoms with Crippen LogP contribution in [0.15, 0.2) is 28.7 Å². The Kier molecular flexibility index (Phi) is 4.37. The summed E-state index contributed by atoms with van der Waals surface area (Å²) in [5.41, 5.74) is 0.379. The minimum absolute atomic E-state index is 0.379. The van der Waals surface area contributed by atoms with Gasteiger partial charge in [0.05, 0.1) is 4.47 Å². The van der Waals surface area contributed by atoms with Crippen LogP contribution in [0.1, 0.15) is 45.4 Å². The van der Waals surface area contributed by atoms with E-state index in [0.29, 0.717) is 17.6 Å². The fraction of sp³-hybridized carbons (Fsp3) is 0.647. The SMILES string of the molecule is CCNC1CC(Oc2ccccc2Br)C12CCCCC2. The largest absolute Gasteiger partial charge is 0.489 e. The normalized spacial score (nSPS) is 28.1. The van der Waals surface area contributed by atoms with Gasteiger partial charge in [0.25, 0.3) is 0 Å². The van der Waals surface area contributed by atoms with Crippen molar-refractivity contribution in [2.75, 3.05) is 6.54 Å². The van der Waals surface area contributed by atoms with Gasteiger partial charge in [-0.1, -0.05) is 38.3 Å². The van der Waals surface area contributed by atoms with Gasteiger partial charge in [0.15, 0.2) is 0 Å². The van der Waals surface area contributed by atoms with E-state index in [1.807, 2.05) is 12.1 Å². The Labute approximate surface area is 130 Å². The number of halogens is 1. The molecule has 2 saturated carbocycles. The minimum atomic E-state index is 0.379. The van der Waals surface area contributed by atoms with Crippen LogP contribution in [0.3, 0.4) is 0 Å². The molecule has 2 fully saturated rings. The summed E-state index contributed by atoms with van der Waals surface area (Å²) < 4.78 is 7.43. The second-order valence-corrected chi connectivity index (χ2v) is 7.03. The lowest BCUT2D eigenvalue weighted by Crippen LogP contribution is -2.65. The van der Waals surface area contributed by atoms with E-state index in [4.69, 9.17) is 4.74 Å². The highest BCUT2D eigenvalue weighted by atomic mass is 79.9. The van der Waals surface area contributed by atoms with Gasteiger partial charge < -0.3 is 10.1 Å². The molecule has 2 unspecified atom stereocenters. The molecular formula is C17H24BrNO. The maximum atomic E-state index is 6.36. The zero-order chi connectivity index (χ0) is 14.0. The third-order valence-electron chi connectivity index (χ3n) is 5.13. The average Bonchev–Trinajstić information content (AvgIpc) is 2.49. The Morgan fingerprint density at radius 1 is 1.25 bits per heavy atom. The van der Waals surface area contributed by atoms with Crippen molar-refractivity contribution in [1.29, 1.82) is 0 Å². The van der Waals surface area contributed by atoms with E-state index in [-0.39, 0.29) is 0 Å². The second kappa shape index (κ2) is 6.07. The van der Waals surface area contributed by atoms with Crippen LogP contribution in [0.2, 0.25) is 0 Å². The molecule has 3 heteroatoms. The quantitative estimate of drug-likeness (QED) is 0.871. The Morgan fingerprint density at radius 3 is 2.70 bits per heavy atom. The van der Waals surface area contributed by atoms with Gasteiger partial charge in [-0.3, -0.25) is 0 Å². The molecule has 2 atom stereocenters. The summed E-state index contributed by atoms with van der Waals surface area (Å²) in [6, 6.07) is 8.87. The van der Waals surface area contributed by atoms with Gasteiger partial charge in [0, 0.05) is 17.9 Å². The highest BCUT2D eigenvalue weighted by molar-refractivity contribution is 9.10. The van der Waals surface area contributed by atoms with Crippen molar-refractivity contribution in [3.63, 3.8) is 0 Å². The van der Waals surface area contributed by atoms with Gasteiger partial charge in [0.2, 0.25) is 0 Å². The first-order valence-corrected chi connectivity index (χ1v) is 8.70. The lowest BCUT2D eigenvalue weighted by Gasteiger charge is -2.57. The van der Waals surface area contributed by atoms with Crippen LogP contribution >= 0.6 is 15.9 Å². The topological polar surface area (TPSA) is 21.3 Å². The smallest absolute Gasteiger partial charge is 0.133 e. The number of benzene rings is 1. The summed E-state index contributed by atoms with van der Waals surface area (Å²) in [7, 11) is 0. The van der Waals surface area contributed by atoms with Crippen LogP contribution in [0, 0.1) is 5.41 Å². The van der Waals surface area contributed by atoms with Gasteiger partial charge >= 0.3 is 0 Å². The molecule has 2 nitrogen and oxygen atoms in total. The molecule has 1 aromatic carbocycles. The first-order valence-electron chi connectivity index (χ1n) is 7.91. The van der Waals surface area contributed by atoms with Gasteiger partial charge in [-0.2, -0.15) is 0 Å². The van der Waals surface area contributed by atoms with E-state index in [0.717, 1.165) is 23.2 Å². The van der Waals surface area contributed by atoms with Crippen molar-refractivity contribution in [3.8, 4) is 5.75 Å². The third kappa shape index (κ3) is 2.50. The molecule has 3 rings (SSSR count). The first-order chi connectivity index (χ1) is 9.76. The molecule has 0 saturated heterocycles. The average molecular weight is 338 g/mol. The van der Waals surface area contributed by atoms with Crippen molar-refractivity contribution in [3.05, 3.63) is 28.7 Å². The summed E-state index contributed by atoms with van der Waals surface area (Å²) in [6.07, 6.45) is 8.28. The van der Waals surface area contributed by atoms with E-state index in [1.54, 1.807) is 0 Å². The maximum absolute atomic E-state index is 6.36. The fourth-order valence-corrected chi connectivity index (χ4v) is 4.40. The third-order valence-corrected chi connectivity index (χ3v) is 5.78. The molecule has 0 amide bonds. The molecule has 0 heterocycles. The van der Waals surface area contributed by atoms with Crippen LogP contribution in [-0.4, -0.2) is 18.7 Å². The molecule has 2 aliphatic rings. The van der Waals surface area contributed by atoms with Crippen molar-refractivity contribution in [1.82, 2.24) is 5.32 Å². The standard InChI is InChI=1S/C17H24BrNO/c1-2-19-15-12-16(17(15)10-6-3-7-11-17)20-14-9-5-4-8-13(14)18/h4-5,8-9,15-16,19H,2-3,6-7,10-12H2,1H3. The van der Waals surface area contributed by atoms with E-state index in [2.05, 4.69) is 40.3 Å². The molecule has 0 aromatic heterocycles. The molecule has 1 aromatic rings. The summed E-state index contributed by atoms with van der Waals surface area (Å²) >= 11 is 3.60. The van der Waals surface area contributed by atoms with Crippen molar-refractivity contribution in [2.45, 2.75) is 57.6 Å². The fourth-order valence-electron chi connectivity index (χ4n) is 4.02. The Bertz CT molecular complexity index is 456. The number of hydrogen-bond acceptors (Lipinski definition) is 2. The molecule has 1 N–H and O–H groups in total.